The van der Waals surface area contributed by atoms with E-state index in [0.717, 1.165) is 6.54 Å². The van der Waals surface area contributed by atoms with Crippen LogP contribution in [0.5, 0.6) is 0 Å². The largest absolute Gasteiger partial charge is 0.444 e. The lowest BCUT2D eigenvalue weighted by Crippen LogP contribution is -2.41. The van der Waals surface area contributed by atoms with Gasteiger partial charge in [-0.25, -0.2) is 4.79 Å². The van der Waals surface area contributed by atoms with E-state index in [0.29, 0.717) is 6.54 Å². The number of nitrogens with one attached hydrogen (secondary N) is 2. The van der Waals surface area contributed by atoms with Gasteiger partial charge >= 0.3 is 6.09 Å². The van der Waals surface area contributed by atoms with Gasteiger partial charge < -0.3 is 15.4 Å². The number of amides is 1. The minimum absolute atomic E-state index is 0.183. The summed E-state index contributed by atoms with van der Waals surface area (Å²) < 4.78 is 5.19. The normalized spacial score (nSPS) is 12.8. The van der Waals surface area contributed by atoms with E-state index in [2.05, 4.69) is 41.8 Å². The van der Waals surface area contributed by atoms with Crippen LogP contribution in [-0.4, -0.2) is 24.3 Å². The van der Waals surface area contributed by atoms with Crippen molar-refractivity contribution in [3.05, 3.63) is 35.4 Å². The van der Waals surface area contributed by atoms with E-state index in [1.54, 1.807) is 0 Å². The molecule has 0 radical (unpaired) electrons. The molecular weight excluding hydrogens is 252 g/mol. The van der Waals surface area contributed by atoms with Crippen LogP contribution in [0.25, 0.3) is 0 Å². The first-order chi connectivity index (χ1) is 9.26. The first-order valence-corrected chi connectivity index (χ1v) is 7.02. The fourth-order valence-electron chi connectivity index (χ4n) is 1.74. The number of hydrogen-bond donors (Lipinski definition) is 2. The Hall–Kier alpha value is -1.55. The van der Waals surface area contributed by atoms with Crippen LogP contribution in [0.3, 0.4) is 0 Å². The van der Waals surface area contributed by atoms with Gasteiger partial charge in [0.15, 0.2) is 0 Å². The fourth-order valence-corrected chi connectivity index (χ4v) is 1.74. The molecule has 1 atom stereocenters. The molecule has 0 aliphatic carbocycles. The van der Waals surface area contributed by atoms with Crippen molar-refractivity contribution in [3.63, 3.8) is 0 Å². The van der Waals surface area contributed by atoms with Crippen molar-refractivity contribution in [1.82, 2.24) is 10.6 Å². The van der Waals surface area contributed by atoms with Gasteiger partial charge in [0.05, 0.1) is 0 Å². The first kappa shape index (κ1) is 16.5. The number of rotatable bonds is 5. The van der Waals surface area contributed by atoms with Crippen LogP contribution >= 0.6 is 0 Å². The summed E-state index contributed by atoms with van der Waals surface area (Å²) in [5.41, 5.74) is 2.04. The monoisotopic (exact) mass is 278 g/mol. The molecule has 0 bridgehead atoms. The van der Waals surface area contributed by atoms with Crippen LogP contribution < -0.4 is 10.6 Å². The van der Waals surface area contributed by atoms with Crippen molar-refractivity contribution in [2.24, 2.45) is 0 Å². The number of ether oxygens (including phenoxy) is 1. The zero-order valence-electron chi connectivity index (χ0n) is 13.1. The standard InChI is InChI=1S/C16H26N2O2/c1-12-7-6-8-14(9-12)11-17-13(2)10-18-15(19)20-16(3,4)5/h6-9,13,17H,10-11H2,1-5H3,(H,18,19). The van der Waals surface area contributed by atoms with Crippen molar-refractivity contribution in [1.29, 1.82) is 0 Å². The van der Waals surface area contributed by atoms with Crippen LogP contribution in [0.15, 0.2) is 24.3 Å². The first-order valence-electron chi connectivity index (χ1n) is 7.02. The molecule has 1 rings (SSSR count). The molecule has 1 amide bonds. The lowest BCUT2D eigenvalue weighted by molar-refractivity contribution is 0.0523. The quantitative estimate of drug-likeness (QED) is 0.870. The molecule has 0 heterocycles. The van der Waals surface area contributed by atoms with Gasteiger partial charge in [0.2, 0.25) is 0 Å². The zero-order valence-corrected chi connectivity index (χ0v) is 13.1. The lowest BCUT2D eigenvalue weighted by atomic mass is 10.1. The summed E-state index contributed by atoms with van der Waals surface area (Å²) in [6, 6.07) is 8.56. The van der Waals surface area contributed by atoms with Crippen LogP contribution in [0.1, 0.15) is 38.8 Å². The molecule has 0 saturated heterocycles. The third-order valence-corrected chi connectivity index (χ3v) is 2.69. The van der Waals surface area contributed by atoms with Gasteiger partial charge in [-0.1, -0.05) is 29.8 Å². The summed E-state index contributed by atoms with van der Waals surface area (Å²) >= 11 is 0. The molecule has 0 saturated carbocycles. The Kier molecular flexibility index (Phi) is 6.02. The van der Waals surface area contributed by atoms with Gasteiger partial charge in [-0.2, -0.15) is 0 Å². The fraction of sp³-hybridized carbons (Fsp3) is 0.562. The second-order valence-electron chi connectivity index (χ2n) is 6.15. The Morgan fingerprint density at radius 1 is 1.35 bits per heavy atom. The Morgan fingerprint density at radius 2 is 2.05 bits per heavy atom. The number of carbonyl (C=O) groups is 1. The summed E-state index contributed by atoms with van der Waals surface area (Å²) in [6.45, 7) is 11.0. The van der Waals surface area contributed by atoms with Gasteiger partial charge in [-0.3, -0.25) is 0 Å². The van der Waals surface area contributed by atoms with Crippen LogP contribution in [0.4, 0.5) is 4.79 Å². The number of carbonyl (C=O) groups excluding carboxylic acids is 1. The van der Waals surface area contributed by atoms with Crippen molar-refractivity contribution in [2.75, 3.05) is 6.54 Å². The highest BCUT2D eigenvalue weighted by Gasteiger charge is 2.16. The molecule has 0 aliphatic rings. The Labute approximate surface area is 121 Å². The van der Waals surface area contributed by atoms with Gasteiger partial charge in [-0.05, 0) is 40.2 Å². The van der Waals surface area contributed by atoms with E-state index in [1.165, 1.54) is 11.1 Å². The maximum atomic E-state index is 11.5. The van der Waals surface area contributed by atoms with Crippen molar-refractivity contribution < 1.29 is 9.53 Å². The third-order valence-electron chi connectivity index (χ3n) is 2.69. The van der Waals surface area contributed by atoms with E-state index in [4.69, 9.17) is 4.74 Å². The predicted octanol–water partition coefficient (Wildman–Crippen LogP) is 3.00. The van der Waals surface area contributed by atoms with Gasteiger partial charge in [-0.15, -0.1) is 0 Å². The molecule has 20 heavy (non-hydrogen) atoms. The molecule has 0 aliphatic heterocycles. The lowest BCUT2D eigenvalue weighted by Gasteiger charge is -2.21. The van der Waals surface area contributed by atoms with E-state index in [1.807, 2.05) is 27.7 Å². The molecule has 0 spiro atoms. The van der Waals surface area contributed by atoms with E-state index < -0.39 is 5.60 Å². The van der Waals surface area contributed by atoms with E-state index in [-0.39, 0.29) is 12.1 Å². The average molecular weight is 278 g/mol. The number of benzene rings is 1. The van der Waals surface area contributed by atoms with Crippen molar-refractivity contribution in [2.45, 2.75) is 52.8 Å². The van der Waals surface area contributed by atoms with Crippen molar-refractivity contribution in [3.8, 4) is 0 Å². The van der Waals surface area contributed by atoms with Gasteiger partial charge in [0.25, 0.3) is 0 Å². The highest BCUT2D eigenvalue weighted by Crippen LogP contribution is 2.06. The van der Waals surface area contributed by atoms with Gasteiger partial charge in [0.1, 0.15) is 5.60 Å². The smallest absolute Gasteiger partial charge is 0.407 e. The van der Waals surface area contributed by atoms with Gasteiger partial charge in [0, 0.05) is 19.1 Å². The van der Waals surface area contributed by atoms with Crippen LogP contribution in [-0.2, 0) is 11.3 Å². The highest BCUT2D eigenvalue weighted by atomic mass is 16.6. The molecular formula is C16H26N2O2. The summed E-state index contributed by atoms with van der Waals surface area (Å²) in [5, 5.41) is 6.14. The second kappa shape index (κ2) is 7.29. The second-order valence-corrected chi connectivity index (χ2v) is 6.15. The highest BCUT2D eigenvalue weighted by molar-refractivity contribution is 5.67. The van der Waals surface area contributed by atoms with Crippen LogP contribution in [0, 0.1) is 6.92 Å². The Morgan fingerprint density at radius 3 is 2.65 bits per heavy atom. The predicted molar refractivity (Wildman–Crippen MR) is 81.7 cm³/mol. The molecule has 2 N–H and O–H groups in total. The summed E-state index contributed by atoms with van der Waals surface area (Å²) in [6.07, 6.45) is -0.373. The molecule has 4 nitrogen and oxygen atoms in total. The number of hydrogen-bond acceptors (Lipinski definition) is 3. The summed E-state index contributed by atoms with van der Waals surface area (Å²) in [4.78, 5) is 11.5. The maximum absolute atomic E-state index is 11.5. The minimum atomic E-state index is -0.456. The maximum Gasteiger partial charge on any atom is 0.407 e. The van der Waals surface area contributed by atoms with Crippen molar-refractivity contribution >= 4 is 6.09 Å². The molecule has 1 aromatic rings. The van der Waals surface area contributed by atoms with E-state index in [9.17, 15) is 4.79 Å². The third kappa shape index (κ3) is 7.14. The van der Waals surface area contributed by atoms with E-state index >= 15 is 0 Å². The Balaban J connectivity index is 2.27. The summed E-state index contributed by atoms with van der Waals surface area (Å²) in [7, 11) is 0. The topological polar surface area (TPSA) is 50.4 Å². The molecule has 1 unspecified atom stereocenters. The molecule has 1 aromatic carbocycles. The van der Waals surface area contributed by atoms with Crippen LogP contribution in [0.2, 0.25) is 0 Å². The number of alkyl carbamates (subject to hydrolysis) is 1. The molecule has 4 heteroatoms. The SMILES string of the molecule is Cc1cccc(CNC(C)CNC(=O)OC(C)(C)C)c1. The summed E-state index contributed by atoms with van der Waals surface area (Å²) in [5.74, 6) is 0. The number of aryl methyl sites for hydroxylation is 1. The average Bonchev–Trinajstić information content (AvgIpc) is 2.32. The molecule has 0 aromatic heterocycles. The molecule has 112 valence electrons. The molecule has 0 fully saturated rings. The zero-order chi connectivity index (χ0) is 15.2. The minimum Gasteiger partial charge on any atom is -0.444 e. The Bertz CT molecular complexity index is 438.